The zero-order valence-electron chi connectivity index (χ0n) is 9.35. The van der Waals surface area contributed by atoms with Gasteiger partial charge in [0.25, 0.3) is 0 Å². The van der Waals surface area contributed by atoms with Gasteiger partial charge in [-0.1, -0.05) is 23.2 Å². The van der Waals surface area contributed by atoms with E-state index in [1.807, 2.05) is 0 Å². The summed E-state index contributed by atoms with van der Waals surface area (Å²) in [7, 11) is 1.26. The molecule has 0 aliphatic carbocycles. The number of methoxy groups -OCH3 is 1. The van der Waals surface area contributed by atoms with Gasteiger partial charge in [-0.15, -0.1) is 0 Å². The number of rotatable bonds is 2. The SMILES string of the molecule is COC(=O)c1ncn(-c2cc(Cl)ccc2Cl)c1N. The molecule has 2 rings (SSSR count). The number of hydrogen-bond donors (Lipinski definition) is 1. The number of benzene rings is 1. The summed E-state index contributed by atoms with van der Waals surface area (Å²) in [5.74, 6) is -0.463. The number of carbonyl (C=O) groups excluding carboxylic acids is 1. The molecule has 0 aliphatic heterocycles. The standard InChI is InChI=1S/C11H9Cl2N3O2/c1-18-11(17)9-10(14)16(5-15-9)8-4-6(12)2-3-7(8)13/h2-5H,14H2,1H3. The molecule has 0 spiro atoms. The van der Waals surface area contributed by atoms with E-state index in [9.17, 15) is 4.79 Å². The fourth-order valence-electron chi connectivity index (χ4n) is 1.47. The predicted molar refractivity (Wildman–Crippen MR) is 69.3 cm³/mol. The molecule has 0 amide bonds. The first kappa shape index (κ1) is 12.7. The summed E-state index contributed by atoms with van der Waals surface area (Å²) in [6.07, 6.45) is 1.39. The maximum absolute atomic E-state index is 11.4. The zero-order valence-corrected chi connectivity index (χ0v) is 10.9. The van der Waals surface area contributed by atoms with Crippen LogP contribution in [0.4, 0.5) is 5.82 Å². The highest BCUT2D eigenvalue weighted by Gasteiger charge is 2.18. The summed E-state index contributed by atoms with van der Waals surface area (Å²) < 4.78 is 6.04. The lowest BCUT2D eigenvalue weighted by molar-refractivity contribution is 0.0596. The van der Waals surface area contributed by atoms with E-state index in [4.69, 9.17) is 28.9 Å². The molecule has 7 heteroatoms. The molecule has 0 unspecified atom stereocenters. The van der Waals surface area contributed by atoms with Crippen LogP contribution in [0, 0.1) is 0 Å². The average Bonchev–Trinajstić information content (AvgIpc) is 2.73. The molecule has 2 aromatic rings. The van der Waals surface area contributed by atoms with Crippen LogP contribution >= 0.6 is 23.2 Å². The van der Waals surface area contributed by atoms with Gasteiger partial charge in [-0.25, -0.2) is 9.78 Å². The first-order valence-corrected chi connectivity index (χ1v) is 5.66. The van der Waals surface area contributed by atoms with Gasteiger partial charge in [0.2, 0.25) is 0 Å². The molecule has 0 radical (unpaired) electrons. The summed E-state index contributed by atoms with van der Waals surface area (Å²) in [6.45, 7) is 0. The number of esters is 1. The van der Waals surface area contributed by atoms with Crippen LogP contribution in [-0.4, -0.2) is 22.6 Å². The lowest BCUT2D eigenvalue weighted by Gasteiger charge is -2.08. The molecule has 0 aliphatic rings. The number of halogens is 2. The van der Waals surface area contributed by atoms with Crippen molar-refractivity contribution in [2.24, 2.45) is 0 Å². The number of anilines is 1. The fourth-order valence-corrected chi connectivity index (χ4v) is 1.85. The van der Waals surface area contributed by atoms with Crippen molar-refractivity contribution in [3.63, 3.8) is 0 Å². The van der Waals surface area contributed by atoms with E-state index in [-0.39, 0.29) is 11.5 Å². The third kappa shape index (κ3) is 2.14. The van der Waals surface area contributed by atoms with Gasteiger partial charge in [0.1, 0.15) is 12.1 Å². The van der Waals surface area contributed by atoms with Crippen LogP contribution in [-0.2, 0) is 4.74 Å². The molecule has 0 atom stereocenters. The van der Waals surface area contributed by atoms with Crippen molar-refractivity contribution in [3.8, 4) is 5.69 Å². The minimum atomic E-state index is -0.607. The van der Waals surface area contributed by atoms with Gasteiger partial charge in [-0.2, -0.15) is 0 Å². The Labute approximate surface area is 113 Å². The minimum absolute atomic E-state index is 0.0357. The Morgan fingerprint density at radius 2 is 2.17 bits per heavy atom. The normalized spacial score (nSPS) is 10.4. The smallest absolute Gasteiger partial charge is 0.360 e. The van der Waals surface area contributed by atoms with E-state index in [1.165, 1.54) is 18.0 Å². The Morgan fingerprint density at radius 3 is 2.83 bits per heavy atom. The van der Waals surface area contributed by atoms with E-state index in [2.05, 4.69) is 9.72 Å². The number of imidazole rings is 1. The van der Waals surface area contributed by atoms with Crippen LogP contribution in [0.2, 0.25) is 10.0 Å². The van der Waals surface area contributed by atoms with Gasteiger partial charge in [0.05, 0.1) is 17.8 Å². The third-order valence-electron chi connectivity index (χ3n) is 2.35. The molecule has 5 nitrogen and oxygen atoms in total. The van der Waals surface area contributed by atoms with Gasteiger partial charge in [-0.3, -0.25) is 4.57 Å². The first-order valence-electron chi connectivity index (χ1n) is 4.91. The van der Waals surface area contributed by atoms with Crippen molar-refractivity contribution in [1.29, 1.82) is 0 Å². The summed E-state index contributed by atoms with van der Waals surface area (Å²) in [5, 5.41) is 0.946. The van der Waals surface area contributed by atoms with Crippen molar-refractivity contribution in [3.05, 3.63) is 40.3 Å². The Balaban J connectivity index is 2.55. The molecule has 2 N–H and O–H groups in total. The monoisotopic (exact) mass is 285 g/mol. The zero-order chi connectivity index (χ0) is 13.3. The Kier molecular flexibility index (Phi) is 3.45. The highest BCUT2D eigenvalue weighted by Crippen LogP contribution is 2.27. The molecule has 0 saturated heterocycles. The Bertz CT molecular complexity index is 610. The number of nitrogens with two attached hydrogens (primary N) is 1. The summed E-state index contributed by atoms with van der Waals surface area (Å²) in [4.78, 5) is 15.3. The second-order valence-electron chi connectivity index (χ2n) is 3.44. The number of carbonyl (C=O) groups is 1. The Hall–Kier alpha value is -1.72. The van der Waals surface area contributed by atoms with Crippen LogP contribution in [0.3, 0.4) is 0 Å². The predicted octanol–water partition coefficient (Wildman–Crippen LogP) is 2.55. The van der Waals surface area contributed by atoms with Crippen molar-refractivity contribution in [2.75, 3.05) is 12.8 Å². The molecule has 18 heavy (non-hydrogen) atoms. The molecule has 1 heterocycles. The van der Waals surface area contributed by atoms with E-state index < -0.39 is 5.97 Å². The second kappa shape index (κ2) is 4.88. The van der Waals surface area contributed by atoms with E-state index in [1.54, 1.807) is 18.2 Å². The van der Waals surface area contributed by atoms with Gasteiger partial charge in [-0.05, 0) is 18.2 Å². The maximum Gasteiger partial charge on any atom is 0.360 e. The van der Waals surface area contributed by atoms with Crippen LogP contribution in [0.5, 0.6) is 0 Å². The molecular weight excluding hydrogens is 277 g/mol. The number of nitrogens with zero attached hydrogens (tertiary/aromatic N) is 2. The van der Waals surface area contributed by atoms with Gasteiger partial charge >= 0.3 is 5.97 Å². The summed E-state index contributed by atoms with van der Waals surface area (Å²) >= 11 is 11.9. The maximum atomic E-state index is 11.4. The van der Waals surface area contributed by atoms with Gasteiger partial charge in [0.15, 0.2) is 5.69 Å². The largest absolute Gasteiger partial charge is 0.464 e. The van der Waals surface area contributed by atoms with Gasteiger partial charge in [0, 0.05) is 5.02 Å². The molecule has 94 valence electrons. The van der Waals surface area contributed by atoms with Crippen molar-refractivity contribution >= 4 is 35.0 Å². The average molecular weight is 286 g/mol. The third-order valence-corrected chi connectivity index (χ3v) is 2.91. The summed E-state index contributed by atoms with van der Waals surface area (Å²) in [5.41, 5.74) is 6.41. The van der Waals surface area contributed by atoms with E-state index in [0.717, 1.165) is 0 Å². The minimum Gasteiger partial charge on any atom is -0.464 e. The highest BCUT2D eigenvalue weighted by molar-refractivity contribution is 6.34. The van der Waals surface area contributed by atoms with Crippen molar-refractivity contribution < 1.29 is 9.53 Å². The van der Waals surface area contributed by atoms with Crippen LogP contribution < -0.4 is 5.73 Å². The lowest BCUT2D eigenvalue weighted by Crippen LogP contribution is -2.07. The number of nitrogen functional groups attached to an aromatic ring is 1. The van der Waals surface area contributed by atoms with Crippen molar-refractivity contribution in [2.45, 2.75) is 0 Å². The van der Waals surface area contributed by atoms with Crippen LogP contribution in [0.25, 0.3) is 5.69 Å². The van der Waals surface area contributed by atoms with Crippen LogP contribution in [0.1, 0.15) is 10.5 Å². The summed E-state index contributed by atoms with van der Waals surface area (Å²) in [6, 6.07) is 4.92. The second-order valence-corrected chi connectivity index (χ2v) is 4.28. The topological polar surface area (TPSA) is 70.1 Å². The van der Waals surface area contributed by atoms with Crippen molar-refractivity contribution in [1.82, 2.24) is 9.55 Å². The molecule has 0 bridgehead atoms. The number of aromatic nitrogens is 2. The lowest BCUT2D eigenvalue weighted by atomic mass is 10.3. The quantitative estimate of drug-likeness (QED) is 0.861. The highest BCUT2D eigenvalue weighted by atomic mass is 35.5. The molecular formula is C11H9Cl2N3O2. The molecule has 1 aromatic heterocycles. The molecule has 0 fully saturated rings. The Morgan fingerprint density at radius 1 is 1.44 bits per heavy atom. The fraction of sp³-hybridized carbons (Fsp3) is 0.0909. The van der Waals surface area contributed by atoms with E-state index in [0.29, 0.717) is 15.7 Å². The van der Waals surface area contributed by atoms with Crippen LogP contribution in [0.15, 0.2) is 24.5 Å². The first-order chi connectivity index (χ1) is 8.54. The van der Waals surface area contributed by atoms with Gasteiger partial charge < -0.3 is 10.5 Å². The number of ether oxygens (including phenoxy) is 1. The van der Waals surface area contributed by atoms with E-state index >= 15 is 0 Å². The number of hydrogen-bond acceptors (Lipinski definition) is 4. The molecule has 1 aromatic carbocycles. The molecule has 0 saturated carbocycles.